The lowest BCUT2D eigenvalue weighted by Gasteiger charge is -2.00. The van der Waals surface area contributed by atoms with Crippen LogP contribution in [0.5, 0.6) is 0 Å². The number of aromatic nitrogens is 2. The van der Waals surface area contributed by atoms with Crippen LogP contribution < -0.4 is 0 Å². The van der Waals surface area contributed by atoms with Crippen molar-refractivity contribution in [3.8, 4) is 28.0 Å². The summed E-state index contributed by atoms with van der Waals surface area (Å²) in [5.41, 5.74) is 3.34. The number of nitriles is 1. The molecule has 0 spiro atoms. The van der Waals surface area contributed by atoms with Crippen molar-refractivity contribution in [2.75, 3.05) is 0 Å². The first kappa shape index (κ1) is 14.4. The zero-order chi connectivity index (χ0) is 14.8. The molecule has 0 aliphatic carbocycles. The van der Waals surface area contributed by atoms with Gasteiger partial charge in [0.05, 0.1) is 17.3 Å². The van der Waals surface area contributed by atoms with Crippen molar-refractivity contribution in [3.63, 3.8) is 0 Å². The van der Waals surface area contributed by atoms with Crippen LogP contribution in [0.25, 0.3) is 22.0 Å². The highest BCUT2D eigenvalue weighted by atomic mass is 79.9. The standard InChI is InChI=1S/C15H7Br2N3S/c16-11-5-12(17)14(19-7-11)15-20-13(8-21-15)10-3-1-9(6-18)2-4-10/h1-5,7-8H. The molecule has 2 aromatic heterocycles. The first-order chi connectivity index (χ1) is 10.2. The van der Waals surface area contributed by atoms with Crippen LogP contribution in [0.3, 0.4) is 0 Å². The molecule has 0 fully saturated rings. The number of thiazole rings is 1. The fraction of sp³-hybridized carbons (Fsp3) is 0. The summed E-state index contributed by atoms with van der Waals surface area (Å²) >= 11 is 8.44. The van der Waals surface area contributed by atoms with Crippen molar-refractivity contribution < 1.29 is 0 Å². The quantitative estimate of drug-likeness (QED) is 0.567. The molecular formula is C15H7Br2N3S. The van der Waals surface area contributed by atoms with Gasteiger partial charge in [-0.3, -0.25) is 4.98 Å². The van der Waals surface area contributed by atoms with E-state index in [2.05, 4.69) is 47.9 Å². The summed E-state index contributed by atoms with van der Waals surface area (Å²) in [6.07, 6.45) is 1.75. The minimum atomic E-state index is 0.645. The Labute approximate surface area is 142 Å². The van der Waals surface area contributed by atoms with Gasteiger partial charge in [0.25, 0.3) is 0 Å². The molecule has 0 aliphatic heterocycles. The maximum absolute atomic E-state index is 8.82. The van der Waals surface area contributed by atoms with Crippen LogP contribution >= 0.6 is 43.2 Å². The van der Waals surface area contributed by atoms with E-state index in [1.165, 1.54) is 0 Å². The molecule has 1 aromatic carbocycles. The maximum atomic E-state index is 8.82. The van der Waals surface area contributed by atoms with Crippen LogP contribution in [-0.4, -0.2) is 9.97 Å². The molecule has 0 aliphatic rings. The fourth-order valence-corrected chi connectivity index (χ4v) is 3.95. The van der Waals surface area contributed by atoms with Crippen LogP contribution in [0.15, 0.2) is 50.9 Å². The smallest absolute Gasteiger partial charge is 0.143 e. The Kier molecular flexibility index (Phi) is 4.15. The van der Waals surface area contributed by atoms with Gasteiger partial charge in [-0.1, -0.05) is 12.1 Å². The zero-order valence-corrected chi connectivity index (χ0v) is 14.5. The van der Waals surface area contributed by atoms with Crippen LogP contribution in [-0.2, 0) is 0 Å². The minimum absolute atomic E-state index is 0.645. The second-order valence-corrected chi connectivity index (χ2v) is 6.84. The van der Waals surface area contributed by atoms with Crippen LogP contribution in [0.4, 0.5) is 0 Å². The lowest BCUT2D eigenvalue weighted by molar-refractivity contribution is 1.26. The van der Waals surface area contributed by atoms with Gasteiger partial charge in [0.2, 0.25) is 0 Å². The number of nitrogens with zero attached hydrogens (tertiary/aromatic N) is 3. The van der Waals surface area contributed by atoms with E-state index in [1.54, 1.807) is 29.7 Å². The highest BCUT2D eigenvalue weighted by Crippen LogP contribution is 2.33. The molecule has 0 atom stereocenters. The van der Waals surface area contributed by atoms with Gasteiger partial charge >= 0.3 is 0 Å². The summed E-state index contributed by atoms with van der Waals surface area (Å²) in [5, 5.41) is 11.7. The van der Waals surface area contributed by atoms with E-state index in [4.69, 9.17) is 5.26 Å². The molecule has 102 valence electrons. The molecule has 0 unspecified atom stereocenters. The van der Waals surface area contributed by atoms with E-state index in [-0.39, 0.29) is 0 Å². The Hall–Kier alpha value is -1.55. The van der Waals surface area contributed by atoms with Gasteiger partial charge < -0.3 is 0 Å². The highest BCUT2D eigenvalue weighted by Gasteiger charge is 2.11. The molecule has 3 aromatic rings. The molecule has 0 saturated heterocycles. The summed E-state index contributed by atoms with van der Waals surface area (Å²) in [4.78, 5) is 9.02. The molecule has 3 nitrogen and oxygen atoms in total. The highest BCUT2D eigenvalue weighted by molar-refractivity contribution is 9.11. The summed E-state index contributed by atoms with van der Waals surface area (Å²) in [5.74, 6) is 0. The molecule has 0 saturated carbocycles. The Morgan fingerprint density at radius 3 is 2.57 bits per heavy atom. The van der Waals surface area contributed by atoms with Crippen LogP contribution in [0.2, 0.25) is 0 Å². The van der Waals surface area contributed by atoms with Gasteiger partial charge in [0, 0.05) is 26.1 Å². The number of rotatable bonds is 2. The van der Waals surface area contributed by atoms with Gasteiger partial charge in [0.1, 0.15) is 10.7 Å². The second kappa shape index (κ2) is 6.06. The Balaban J connectivity index is 1.97. The van der Waals surface area contributed by atoms with Gasteiger partial charge in [0.15, 0.2) is 0 Å². The third-order valence-corrected chi connectivity index (χ3v) is 4.71. The lowest BCUT2D eigenvalue weighted by Crippen LogP contribution is -1.85. The zero-order valence-electron chi connectivity index (χ0n) is 10.5. The molecule has 0 N–H and O–H groups in total. The van der Waals surface area contributed by atoms with Crippen molar-refractivity contribution in [3.05, 3.63) is 56.4 Å². The predicted octanol–water partition coefficient (Wildman–Crippen LogP) is 5.27. The molecule has 3 rings (SSSR count). The average molecular weight is 421 g/mol. The molecule has 0 amide bonds. The molecule has 0 bridgehead atoms. The Morgan fingerprint density at radius 2 is 1.90 bits per heavy atom. The van der Waals surface area contributed by atoms with E-state index in [0.29, 0.717) is 5.56 Å². The number of hydrogen-bond acceptors (Lipinski definition) is 4. The van der Waals surface area contributed by atoms with Crippen molar-refractivity contribution in [1.29, 1.82) is 5.26 Å². The molecule has 0 radical (unpaired) electrons. The topological polar surface area (TPSA) is 49.6 Å². The molecule has 21 heavy (non-hydrogen) atoms. The van der Waals surface area contributed by atoms with E-state index < -0.39 is 0 Å². The van der Waals surface area contributed by atoms with Crippen molar-refractivity contribution >= 4 is 43.2 Å². The Morgan fingerprint density at radius 1 is 1.14 bits per heavy atom. The average Bonchev–Trinajstić information content (AvgIpc) is 2.97. The summed E-state index contributed by atoms with van der Waals surface area (Å²) in [7, 11) is 0. The van der Waals surface area contributed by atoms with Crippen molar-refractivity contribution in [1.82, 2.24) is 9.97 Å². The van der Waals surface area contributed by atoms with E-state index >= 15 is 0 Å². The van der Waals surface area contributed by atoms with Crippen molar-refractivity contribution in [2.24, 2.45) is 0 Å². The predicted molar refractivity (Wildman–Crippen MR) is 90.9 cm³/mol. The molecular weight excluding hydrogens is 414 g/mol. The van der Waals surface area contributed by atoms with Gasteiger partial charge in [-0.05, 0) is 50.1 Å². The Bertz CT molecular complexity index is 835. The summed E-state index contributed by atoms with van der Waals surface area (Å²) in [6.45, 7) is 0. The van der Waals surface area contributed by atoms with E-state index in [0.717, 1.165) is 30.9 Å². The number of hydrogen-bond donors (Lipinski definition) is 0. The summed E-state index contributed by atoms with van der Waals surface area (Å²) < 4.78 is 1.82. The minimum Gasteiger partial charge on any atom is -0.251 e. The fourth-order valence-electron chi connectivity index (χ4n) is 1.80. The first-order valence-electron chi connectivity index (χ1n) is 5.95. The number of pyridine rings is 1. The van der Waals surface area contributed by atoms with E-state index in [1.807, 2.05) is 23.6 Å². The van der Waals surface area contributed by atoms with Crippen LogP contribution in [0.1, 0.15) is 5.56 Å². The molecule has 6 heteroatoms. The number of benzene rings is 1. The summed E-state index contributed by atoms with van der Waals surface area (Å²) in [6, 6.07) is 11.5. The van der Waals surface area contributed by atoms with E-state index in [9.17, 15) is 0 Å². The van der Waals surface area contributed by atoms with Gasteiger partial charge in [-0.2, -0.15) is 5.26 Å². The third-order valence-electron chi connectivity index (χ3n) is 2.82. The third kappa shape index (κ3) is 3.05. The van der Waals surface area contributed by atoms with Crippen LogP contribution in [0, 0.1) is 11.3 Å². The van der Waals surface area contributed by atoms with Crippen molar-refractivity contribution in [2.45, 2.75) is 0 Å². The van der Waals surface area contributed by atoms with Gasteiger partial charge in [-0.15, -0.1) is 11.3 Å². The SMILES string of the molecule is N#Cc1ccc(-c2csc(-c3ncc(Br)cc3Br)n2)cc1. The monoisotopic (exact) mass is 419 g/mol. The maximum Gasteiger partial charge on any atom is 0.143 e. The molecule has 2 heterocycles. The van der Waals surface area contributed by atoms with Gasteiger partial charge in [-0.25, -0.2) is 4.98 Å². The second-order valence-electron chi connectivity index (χ2n) is 4.21. The largest absolute Gasteiger partial charge is 0.251 e. The number of halogens is 2. The lowest BCUT2D eigenvalue weighted by atomic mass is 10.1. The first-order valence-corrected chi connectivity index (χ1v) is 8.41. The normalized spacial score (nSPS) is 10.3.